The van der Waals surface area contributed by atoms with Crippen LogP contribution in [0, 0.1) is 12.7 Å². The van der Waals surface area contributed by atoms with Gasteiger partial charge in [0.05, 0.1) is 5.69 Å². The summed E-state index contributed by atoms with van der Waals surface area (Å²) in [7, 11) is 0. The number of hydrogen-bond donors (Lipinski definition) is 1. The molecule has 1 unspecified atom stereocenters. The highest BCUT2D eigenvalue weighted by atomic mass is 32.2. The third-order valence-electron chi connectivity index (χ3n) is 4.15. The molecule has 2 aromatic carbocycles. The number of halogens is 1. The van der Waals surface area contributed by atoms with E-state index in [0.29, 0.717) is 0 Å². The summed E-state index contributed by atoms with van der Waals surface area (Å²) in [6, 6.07) is 17.8. The first-order valence-corrected chi connectivity index (χ1v) is 12.2. The minimum absolute atomic E-state index is 0.165. The average molecular weight is 445 g/mol. The minimum atomic E-state index is -0.524. The van der Waals surface area contributed by atoms with E-state index < -0.39 is 5.25 Å². The molecule has 3 aromatic rings. The van der Waals surface area contributed by atoms with Crippen LogP contribution in [0.4, 0.5) is 10.1 Å². The van der Waals surface area contributed by atoms with Crippen molar-refractivity contribution in [2.75, 3.05) is 17.8 Å². The number of amides is 1. The van der Waals surface area contributed by atoms with E-state index in [1.54, 1.807) is 23.9 Å². The van der Waals surface area contributed by atoms with Crippen LogP contribution in [0.25, 0.3) is 0 Å². The van der Waals surface area contributed by atoms with Crippen molar-refractivity contribution in [1.29, 1.82) is 0 Å². The van der Waals surface area contributed by atoms with Gasteiger partial charge in [0.15, 0.2) is 0 Å². The Morgan fingerprint density at radius 1 is 1.03 bits per heavy atom. The predicted octanol–water partition coefficient (Wildman–Crippen LogP) is 6.45. The molecule has 1 N–H and O–H groups in total. The number of anilines is 1. The Kier molecular flexibility index (Phi) is 7.64. The Balaban J connectivity index is 1.96. The van der Waals surface area contributed by atoms with Crippen molar-refractivity contribution < 1.29 is 9.18 Å². The lowest BCUT2D eigenvalue weighted by molar-refractivity contribution is -0.115. The van der Waals surface area contributed by atoms with Gasteiger partial charge in [0.1, 0.15) is 16.1 Å². The fraction of sp³-hybridized carbons (Fsp3) is 0.182. The SMILES string of the molecule is CSc1cc(C)nc(SC)c1NC(=O)C(Sc1ccccc1)c1ccc(F)cc1. The molecule has 0 aliphatic heterocycles. The number of thioether (sulfide) groups is 3. The van der Waals surface area contributed by atoms with Gasteiger partial charge in [-0.15, -0.1) is 35.3 Å². The van der Waals surface area contributed by atoms with Gasteiger partial charge in [-0.05, 0) is 55.3 Å². The first-order valence-electron chi connectivity index (χ1n) is 8.89. The number of carbonyl (C=O) groups excluding carboxylic acids is 1. The summed E-state index contributed by atoms with van der Waals surface area (Å²) in [5, 5.41) is 3.34. The molecule has 0 aliphatic carbocycles. The van der Waals surface area contributed by atoms with Crippen LogP contribution >= 0.6 is 35.3 Å². The Morgan fingerprint density at radius 2 is 1.72 bits per heavy atom. The van der Waals surface area contributed by atoms with E-state index in [1.807, 2.05) is 55.8 Å². The van der Waals surface area contributed by atoms with Gasteiger partial charge in [0, 0.05) is 15.5 Å². The van der Waals surface area contributed by atoms with Crippen LogP contribution < -0.4 is 5.32 Å². The maximum Gasteiger partial charge on any atom is 0.242 e. The molecule has 0 saturated heterocycles. The topological polar surface area (TPSA) is 42.0 Å². The Morgan fingerprint density at radius 3 is 2.34 bits per heavy atom. The summed E-state index contributed by atoms with van der Waals surface area (Å²) >= 11 is 4.51. The standard InChI is InChI=1S/C22H21FN2OS3/c1-14-13-18(27-2)19(22(24-14)28-3)25-21(26)20(15-9-11-16(23)12-10-15)29-17-7-5-4-6-8-17/h4-13,20H,1-3H3,(H,25,26). The van der Waals surface area contributed by atoms with Gasteiger partial charge in [0.25, 0.3) is 0 Å². The van der Waals surface area contributed by atoms with Crippen LogP contribution in [0.2, 0.25) is 0 Å². The smallest absolute Gasteiger partial charge is 0.242 e. The number of carbonyl (C=O) groups is 1. The van der Waals surface area contributed by atoms with Gasteiger partial charge < -0.3 is 5.32 Å². The summed E-state index contributed by atoms with van der Waals surface area (Å²) in [6.07, 6.45) is 3.92. The molecule has 0 fully saturated rings. The van der Waals surface area contributed by atoms with Crippen molar-refractivity contribution >= 4 is 46.9 Å². The highest BCUT2D eigenvalue weighted by Gasteiger charge is 2.24. The molecule has 3 nitrogen and oxygen atoms in total. The average Bonchev–Trinajstić information content (AvgIpc) is 2.74. The lowest BCUT2D eigenvalue weighted by Crippen LogP contribution is -2.20. The zero-order valence-corrected chi connectivity index (χ0v) is 18.8. The molecule has 0 bridgehead atoms. The molecule has 0 radical (unpaired) electrons. The summed E-state index contributed by atoms with van der Waals surface area (Å²) in [5.41, 5.74) is 2.38. The number of nitrogens with zero attached hydrogens (tertiary/aromatic N) is 1. The second-order valence-electron chi connectivity index (χ2n) is 6.20. The molecule has 150 valence electrons. The summed E-state index contributed by atoms with van der Waals surface area (Å²) in [6.45, 7) is 1.94. The van der Waals surface area contributed by atoms with E-state index in [9.17, 15) is 9.18 Å². The van der Waals surface area contributed by atoms with E-state index in [4.69, 9.17) is 0 Å². The number of nitrogens with one attached hydrogen (secondary N) is 1. The molecular formula is C22H21FN2OS3. The second kappa shape index (κ2) is 10.2. The molecule has 29 heavy (non-hydrogen) atoms. The Labute approximate surface area is 183 Å². The van der Waals surface area contributed by atoms with E-state index in [2.05, 4.69) is 10.3 Å². The zero-order valence-electron chi connectivity index (χ0n) is 16.3. The van der Waals surface area contributed by atoms with Crippen LogP contribution in [0.5, 0.6) is 0 Å². The predicted molar refractivity (Wildman–Crippen MR) is 123 cm³/mol. The number of pyridine rings is 1. The lowest BCUT2D eigenvalue weighted by atomic mass is 10.1. The highest BCUT2D eigenvalue weighted by Crippen LogP contribution is 2.39. The van der Waals surface area contributed by atoms with Gasteiger partial charge in [-0.1, -0.05) is 30.3 Å². The molecule has 1 amide bonds. The largest absolute Gasteiger partial charge is 0.322 e. The molecule has 1 heterocycles. The van der Waals surface area contributed by atoms with Crippen molar-refractivity contribution in [1.82, 2.24) is 4.98 Å². The fourth-order valence-electron chi connectivity index (χ4n) is 2.77. The van der Waals surface area contributed by atoms with E-state index >= 15 is 0 Å². The molecule has 3 rings (SSSR count). The third-order valence-corrected chi connectivity index (χ3v) is 6.86. The third kappa shape index (κ3) is 5.56. The zero-order chi connectivity index (χ0) is 20.8. The Hall–Kier alpha value is -1.96. The number of benzene rings is 2. The van der Waals surface area contributed by atoms with E-state index in [1.165, 1.54) is 35.7 Å². The van der Waals surface area contributed by atoms with E-state index in [0.717, 1.165) is 31.8 Å². The van der Waals surface area contributed by atoms with Crippen LogP contribution in [-0.4, -0.2) is 23.4 Å². The summed E-state index contributed by atoms with van der Waals surface area (Å²) in [4.78, 5) is 19.8. The quantitative estimate of drug-likeness (QED) is 0.425. The first-order chi connectivity index (χ1) is 14.0. The monoisotopic (exact) mass is 444 g/mol. The van der Waals surface area contributed by atoms with Gasteiger partial charge in [-0.2, -0.15) is 0 Å². The number of hydrogen-bond acceptors (Lipinski definition) is 5. The fourth-order valence-corrected chi connectivity index (χ4v) is 5.12. The molecule has 7 heteroatoms. The second-order valence-corrected chi connectivity index (χ2v) is 9.02. The van der Waals surface area contributed by atoms with Crippen molar-refractivity contribution in [3.63, 3.8) is 0 Å². The van der Waals surface area contributed by atoms with Crippen LogP contribution in [0.1, 0.15) is 16.5 Å². The molecule has 0 spiro atoms. The highest BCUT2D eigenvalue weighted by molar-refractivity contribution is 8.00. The van der Waals surface area contributed by atoms with Gasteiger partial charge in [-0.25, -0.2) is 9.37 Å². The Bertz CT molecular complexity index is 956. The number of rotatable bonds is 7. The molecule has 0 saturated carbocycles. The van der Waals surface area contributed by atoms with Crippen LogP contribution in [0.15, 0.2) is 75.5 Å². The van der Waals surface area contributed by atoms with Crippen molar-refractivity contribution in [3.8, 4) is 0 Å². The van der Waals surface area contributed by atoms with Crippen LogP contribution in [-0.2, 0) is 4.79 Å². The molecule has 1 atom stereocenters. The van der Waals surface area contributed by atoms with Gasteiger partial charge >= 0.3 is 0 Å². The maximum absolute atomic E-state index is 13.4. The number of aryl methyl sites for hydroxylation is 1. The molecular weight excluding hydrogens is 423 g/mol. The maximum atomic E-state index is 13.4. The van der Waals surface area contributed by atoms with Crippen molar-refractivity contribution in [2.45, 2.75) is 27.0 Å². The first kappa shape index (κ1) is 21.7. The summed E-state index contributed by atoms with van der Waals surface area (Å²) in [5.74, 6) is -0.489. The van der Waals surface area contributed by atoms with Crippen LogP contribution in [0.3, 0.4) is 0 Å². The van der Waals surface area contributed by atoms with Gasteiger partial charge in [0.2, 0.25) is 5.91 Å². The summed E-state index contributed by atoms with van der Waals surface area (Å²) < 4.78 is 13.4. The van der Waals surface area contributed by atoms with Gasteiger partial charge in [-0.3, -0.25) is 4.79 Å². The van der Waals surface area contributed by atoms with E-state index in [-0.39, 0.29) is 11.7 Å². The van der Waals surface area contributed by atoms with Crippen molar-refractivity contribution in [3.05, 3.63) is 77.7 Å². The number of aromatic nitrogens is 1. The van der Waals surface area contributed by atoms with Crippen molar-refractivity contribution in [2.24, 2.45) is 0 Å². The normalized spacial score (nSPS) is 11.9. The lowest BCUT2D eigenvalue weighted by Gasteiger charge is -2.19. The minimum Gasteiger partial charge on any atom is -0.322 e. The molecule has 1 aromatic heterocycles. The molecule has 0 aliphatic rings.